The van der Waals surface area contributed by atoms with Gasteiger partial charge in [-0.15, -0.1) is 0 Å². The first-order valence-electron chi connectivity index (χ1n) is 7.61. The van der Waals surface area contributed by atoms with Gasteiger partial charge in [0.05, 0.1) is 17.9 Å². The third-order valence-electron chi connectivity index (χ3n) is 4.01. The standard InChI is InChI=1S/C15H23N5/c1-2-19-12-13(10-17-19)9-16-11-14-7-8-20(18-14)15-5-3-4-6-15/h7-8,10,12,15-16H,2-6,9,11H2,1H3. The van der Waals surface area contributed by atoms with E-state index < -0.39 is 0 Å². The molecule has 3 rings (SSSR count). The summed E-state index contributed by atoms with van der Waals surface area (Å²) in [5.74, 6) is 0. The van der Waals surface area contributed by atoms with Crippen molar-refractivity contribution in [2.45, 2.75) is 58.3 Å². The highest BCUT2D eigenvalue weighted by Crippen LogP contribution is 2.28. The van der Waals surface area contributed by atoms with E-state index in [1.807, 2.05) is 10.9 Å². The Bertz CT molecular complexity index is 536. The second-order valence-corrected chi connectivity index (χ2v) is 5.53. The van der Waals surface area contributed by atoms with Crippen molar-refractivity contribution in [2.75, 3.05) is 0 Å². The van der Waals surface area contributed by atoms with Gasteiger partial charge in [0.25, 0.3) is 0 Å². The third kappa shape index (κ3) is 3.10. The number of nitrogens with one attached hydrogen (secondary N) is 1. The number of nitrogens with zero attached hydrogens (tertiary/aromatic N) is 4. The molecule has 20 heavy (non-hydrogen) atoms. The van der Waals surface area contributed by atoms with Crippen LogP contribution in [0.4, 0.5) is 0 Å². The summed E-state index contributed by atoms with van der Waals surface area (Å²) in [6.45, 7) is 4.68. The number of rotatable bonds is 6. The van der Waals surface area contributed by atoms with Crippen LogP contribution in [0.15, 0.2) is 24.7 Å². The maximum atomic E-state index is 4.68. The quantitative estimate of drug-likeness (QED) is 0.879. The lowest BCUT2D eigenvalue weighted by molar-refractivity contribution is 0.461. The minimum Gasteiger partial charge on any atom is -0.307 e. The molecule has 1 aliphatic carbocycles. The highest BCUT2D eigenvalue weighted by atomic mass is 15.3. The Hall–Kier alpha value is -1.62. The van der Waals surface area contributed by atoms with E-state index in [0.717, 1.165) is 25.3 Å². The maximum Gasteiger partial charge on any atom is 0.0762 e. The van der Waals surface area contributed by atoms with Gasteiger partial charge in [-0.25, -0.2) is 0 Å². The van der Waals surface area contributed by atoms with Crippen LogP contribution in [0, 0.1) is 0 Å². The zero-order valence-corrected chi connectivity index (χ0v) is 12.1. The Morgan fingerprint density at radius 2 is 2.15 bits per heavy atom. The van der Waals surface area contributed by atoms with E-state index in [1.165, 1.54) is 31.2 Å². The molecule has 0 aliphatic heterocycles. The van der Waals surface area contributed by atoms with Crippen LogP contribution in [0.3, 0.4) is 0 Å². The zero-order chi connectivity index (χ0) is 13.8. The molecule has 0 bridgehead atoms. The van der Waals surface area contributed by atoms with Crippen LogP contribution >= 0.6 is 0 Å². The van der Waals surface area contributed by atoms with Crippen LogP contribution in [0.1, 0.15) is 49.9 Å². The average molecular weight is 273 g/mol. The number of hydrogen-bond acceptors (Lipinski definition) is 3. The second-order valence-electron chi connectivity index (χ2n) is 5.53. The van der Waals surface area contributed by atoms with Gasteiger partial charge in [-0.2, -0.15) is 10.2 Å². The lowest BCUT2D eigenvalue weighted by Crippen LogP contribution is -2.13. The van der Waals surface area contributed by atoms with Crippen molar-refractivity contribution < 1.29 is 0 Å². The van der Waals surface area contributed by atoms with Gasteiger partial charge in [0, 0.05) is 37.6 Å². The molecule has 5 heteroatoms. The highest BCUT2D eigenvalue weighted by molar-refractivity contribution is 5.05. The monoisotopic (exact) mass is 273 g/mol. The summed E-state index contributed by atoms with van der Waals surface area (Å²) >= 11 is 0. The summed E-state index contributed by atoms with van der Waals surface area (Å²) in [6.07, 6.45) is 11.4. The van der Waals surface area contributed by atoms with Crippen molar-refractivity contribution in [3.8, 4) is 0 Å². The smallest absolute Gasteiger partial charge is 0.0762 e. The molecule has 108 valence electrons. The SMILES string of the molecule is CCn1cc(CNCc2ccn(C3CCCC3)n2)cn1. The maximum absolute atomic E-state index is 4.68. The lowest BCUT2D eigenvalue weighted by atomic mass is 10.3. The van der Waals surface area contributed by atoms with Gasteiger partial charge in [-0.05, 0) is 25.8 Å². The number of hydrogen-bond donors (Lipinski definition) is 1. The fourth-order valence-electron chi connectivity index (χ4n) is 2.85. The summed E-state index contributed by atoms with van der Waals surface area (Å²) in [5.41, 5.74) is 2.35. The Kier molecular flexibility index (Phi) is 4.16. The van der Waals surface area contributed by atoms with E-state index in [4.69, 9.17) is 0 Å². The largest absolute Gasteiger partial charge is 0.307 e. The molecule has 2 aromatic heterocycles. The number of aryl methyl sites for hydroxylation is 1. The minimum absolute atomic E-state index is 0.631. The molecule has 2 heterocycles. The van der Waals surface area contributed by atoms with Crippen molar-refractivity contribution >= 4 is 0 Å². The number of aromatic nitrogens is 4. The minimum atomic E-state index is 0.631. The first-order valence-corrected chi connectivity index (χ1v) is 7.61. The van der Waals surface area contributed by atoms with Gasteiger partial charge in [0.1, 0.15) is 0 Å². The Labute approximate surface area is 120 Å². The fourth-order valence-corrected chi connectivity index (χ4v) is 2.85. The van der Waals surface area contributed by atoms with Gasteiger partial charge in [0.15, 0.2) is 0 Å². The van der Waals surface area contributed by atoms with Crippen molar-refractivity contribution in [2.24, 2.45) is 0 Å². The van der Waals surface area contributed by atoms with Gasteiger partial charge < -0.3 is 5.32 Å². The Morgan fingerprint density at radius 3 is 2.90 bits per heavy atom. The molecule has 0 atom stereocenters. The van der Waals surface area contributed by atoms with E-state index in [0.29, 0.717) is 6.04 Å². The molecular weight excluding hydrogens is 250 g/mol. The van der Waals surface area contributed by atoms with Crippen LogP contribution in [-0.4, -0.2) is 19.6 Å². The molecule has 0 saturated heterocycles. The van der Waals surface area contributed by atoms with Crippen molar-refractivity contribution in [1.29, 1.82) is 0 Å². The third-order valence-corrected chi connectivity index (χ3v) is 4.01. The predicted octanol–water partition coefficient (Wildman–Crippen LogP) is 2.50. The zero-order valence-electron chi connectivity index (χ0n) is 12.1. The molecule has 2 aromatic rings. The molecule has 0 amide bonds. The van der Waals surface area contributed by atoms with E-state index in [-0.39, 0.29) is 0 Å². The first-order chi connectivity index (χ1) is 9.85. The normalized spacial score (nSPS) is 16.1. The van der Waals surface area contributed by atoms with Crippen LogP contribution in [-0.2, 0) is 19.6 Å². The topological polar surface area (TPSA) is 47.7 Å². The molecule has 0 radical (unpaired) electrons. The molecule has 5 nitrogen and oxygen atoms in total. The lowest BCUT2D eigenvalue weighted by Gasteiger charge is -2.08. The fraction of sp³-hybridized carbons (Fsp3) is 0.600. The van der Waals surface area contributed by atoms with Crippen molar-refractivity contribution in [3.05, 3.63) is 35.9 Å². The molecule has 0 spiro atoms. The molecular formula is C15H23N5. The Morgan fingerprint density at radius 1 is 1.30 bits per heavy atom. The summed E-state index contributed by atoms with van der Waals surface area (Å²) in [5, 5.41) is 12.4. The van der Waals surface area contributed by atoms with Gasteiger partial charge in [-0.1, -0.05) is 12.8 Å². The van der Waals surface area contributed by atoms with Gasteiger partial charge in [0.2, 0.25) is 0 Å². The molecule has 1 fully saturated rings. The summed E-state index contributed by atoms with van der Waals surface area (Å²) in [7, 11) is 0. The van der Waals surface area contributed by atoms with Crippen LogP contribution in [0.2, 0.25) is 0 Å². The summed E-state index contributed by atoms with van der Waals surface area (Å²) in [4.78, 5) is 0. The van der Waals surface area contributed by atoms with Crippen LogP contribution in [0.5, 0.6) is 0 Å². The van der Waals surface area contributed by atoms with E-state index in [2.05, 4.69) is 45.6 Å². The van der Waals surface area contributed by atoms with Crippen LogP contribution < -0.4 is 5.32 Å². The molecule has 1 N–H and O–H groups in total. The first kappa shape index (κ1) is 13.4. The van der Waals surface area contributed by atoms with E-state index >= 15 is 0 Å². The average Bonchev–Trinajstić information content (AvgIpc) is 3.20. The van der Waals surface area contributed by atoms with E-state index in [1.54, 1.807) is 0 Å². The van der Waals surface area contributed by atoms with Crippen molar-refractivity contribution in [3.63, 3.8) is 0 Å². The van der Waals surface area contributed by atoms with Crippen molar-refractivity contribution in [1.82, 2.24) is 24.9 Å². The molecule has 1 saturated carbocycles. The molecule has 0 aromatic carbocycles. The highest BCUT2D eigenvalue weighted by Gasteiger charge is 2.17. The molecule has 1 aliphatic rings. The van der Waals surface area contributed by atoms with Gasteiger partial charge >= 0.3 is 0 Å². The Balaban J connectivity index is 1.48. The van der Waals surface area contributed by atoms with E-state index in [9.17, 15) is 0 Å². The van der Waals surface area contributed by atoms with Crippen LogP contribution in [0.25, 0.3) is 0 Å². The summed E-state index contributed by atoms with van der Waals surface area (Å²) in [6, 6.07) is 2.76. The second kappa shape index (κ2) is 6.22. The summed E-state index contributed by atoms with van der Waals surface area (Å²) < 4.78 is 4.10. The van der Waals surface area contributed by atoms with Gasteiger partial charge in [-0.3, -0.25) is 9.36 Å². The molecule has 0 unspecified atom stereocenters. The predicted molar refractivity (Wildman–Crippen MR) is 78.2 cm³/mol.